The van der Waals surface area contributed by atoms with E-state index in [1.165, 1.54) is 6.07 Å². The molecule has 1 amide bonds. The molecule has 0 atom stereocenters. The number of benzene rings is 1. The second-order valence-corrected chi connectivity index (χ2v) is 6.30. The van der Waals surface area contributed by atoms with Gasteiger partial charge in [-0.15, -0.1) is 0 Å². The van der Waals surface area contributed by atoms with E-state index in [0.29, 0.717) is 13.0 Å². The van der Waals surface area contributed by atoms with Crippen LogP contribution in [0.5, 0.6) is 0 Å². The number of carbonyl (C=O) groups is 1. The zero-order valence-corrected chi connectivity index (χ0v) is 14.0. The Balaban J connectivity index is 1.64. The smallest absolute Gasteiger partial charge is 0.222 e. The van der Waals surface area contributed by atoms with E-state index < -0.39 is 0 Å². The predicted molar refractivity (Wildman–Crippen MR) is 90.3 cm³/mol. The molecule has 1 saturated heterocycles. The maximum absolute atomic E-state index is 13.7. The summed E-state index contributed by atoms with van der Waals surface area (Å²) in [6.45, 7) is 2.95. The lowest BCUT2D eigenvalue weighted by atomic mass is 10.1. The van der Waals surface area contributed by atoms with Gasteiger partial charge in [0.05, 0.1) is 5.69 Å². The summed E-state index contributed by atoms with van der Waals surface area (Å²) in [6.07, 6.45) is 6.31. The zero-order chi connectivity index (χ0) is 16.9. The summed E-state index contributed by atoms with van der Waals surface area (Å²) in [7, 11) is 1.99. The van der Waals surface area contributed by atoms with Gasteiger partial charge in [0.1, 0.15) is 5.82 Å². The van der Waals surface area contributed by atoms with Gasteiger partial charge in [-0.05, 0) is 49.7 Å². The number of carbonyl (C=O) groups excluding carboxylic acids is 1. The molecule has 1 fully saturated rings. The standard InChI is InChI=1S/C18H23FN4O/c1-21(11-12-22-9-3-2-5-18(22)24)14-15-13-16(19)6-7-17(15)23-10-4-8-20-23/h4,6-8,10,13H,2-3,5,9,11-12,14H2,1H3. The summed E-state index contributed by atoms with van der Waals surface area (Å²) in [4.78, 5) is 15.9. The number of halogens is 1. The number of hydrogen-bond acceptors (Lipinski definition) is 3. The topological polar surface area (TPSA) is 41.4 Å². The van der Waals surface area contributed by atoms with Gasteiger partial charge in [-0.1, -0.05) is 0 Å². The number of amides is 1. The maximum Gasteiger partial charge on any atom is 0.222 e. The van der Waals surface area contributed by atoms with E-state index in [0.717, 1.165) is 43.7 Å². The number of hydrogen-bond donors (Lipinski definition) is 0. The molecule has 1 aliphatic rings. The van der Waals surface area contributed by atoms with Gasteiger partial charge >= 0.3 is 0 Å². The van der Waals surface area contributed by atoms with Crippen LogP contribution in [-0.2, 0) is 11.3 Å². The monoisotopic (exact) mass is 330 g/mol. The first kappa shape index (κ1) is 16.6. The van der Waals surface area contributed by atoms with E-state index in [4.69, 9.17) is 0 Å². The molecule has 3 rings (SSSR count). The molecule has 1 aliphatic heterocycles. The van der Waals surface area contributed by atoms with Crippen LogP contribution < -0.4 is 0 Å². The minimum absolute atomic E-state index is 0.248. The summed E-state index contributed by atoms with van der Waals surface area (Å²) < 4.78 is 15.4. The van der Waals surface area contributed by atoms with E-state index in [-0.39, 0.29) is 11.7 Å². The lowest BCUT2D eigenvalue weighted by Gasteiger charge is -2.29. The van der Waals surface area contributed by atoms with Crippen molar-refractivity contribution >= 4 is 5.91 Å². The molecular weight excluding hydrogens is 307 g/mol. The zero-order valence-electron chi connectivity index (χ0n) is 14.0. The van der Waals surface area contributed by atoms with Crippen LogP contribution in [0.15, 0.2) is 36.7 Å². The average molecular weight is 330 g/mol. The fourth-order valence-corrected chi connectivity index (χ4v) is 3.08. The molecule has 2 heterocycles. The molecule has 0 aliphatic carbocycles. The SMILES string of the molecule is CN(CCN1CCCCC1=O)Cc1cc(F)ccc1-n1cccn1. The van der Waals surface area contributed by atoms with Crippen molar-refractivity contribution in [2.75, 3.05) is 26.7 Å². The molecule has 1 aromatic heterocycles. The number of aromatic nitrogens is 2. The normalized spacial score (nSPS) is 15.3. The van der Waals surface area contributed by atoms with Crippen LogP contribution in [0.2, 0.25) is 0 Å². The summed E-state index contributed by atoms with van der Waals surface area (Å²) in [5.74, 6) is -0.00171. The van der Waals surface area contributed by atoms with Crippen LogP contribution >= 0.6 is 0 Å². The Morgan fingerprint density at radius 1 is 1.33 bits per heavy atom. The third kappa shape index (κ3) is 4.00. The van der Waals surface area contributed by atoms with E-state index in [1.807, 2.05) is 24.2 Å². The third-order valence-corrected chi connectivity index (χ3v) is 4.41. The molecule has 6 heteroatoms. The van der Waals surface area contributed by atoms with Crippen LogP contribution in [0.3, 0.4) is 0 Å². The van der Waals surface area contributed by atoms with Crippen LogP contribution in [0, 0.1) is 5.82 Å². The molecule has 2 aromatic rings. The van der Waals surface area contributed by atoms with Crippen molar-refractivity contribution in [2.45, 2.75) is 25.8 Å². The van der Waals surface area contributed by atoms with E-state index >= 15 is 0 Å². The summed E-state index contributed by atoms with van der Waals surface area (Å²) in [5.41, 5.74) is 1.76. The van der Waals surface area contributed by atoms with E-state index in [2.05, 4.69) is 10.00 Å². The highest BCUT2D eigenvalue weighted by molar-refractivity contribution is 5.76. The van der Waals surface area contributed by atoms with Gasteiger partial charge in [-0.25, -0.2) is 9.07 Å². The quantitative estimate of drug-likeness (QED) is 0.817. The predicted octanol–water partition coefficient (Wildman–Crippen LogP) is 2.46. The largest absolute Gasteiger partial charge is 0.341 e. The van der Waals surface area contributed by atoms with Gasteiger partial charge in [0, 0.05) is 45.0 Å². The number of nitrogens with zero attached hydrogens (tertiary/aromatic N) is 4. The summed E-state index contributed by atoms with van der Waals surface area (Å²) in [5, 5.41) is 4.24. The molecule has 0 saturated carbocycles. The number of piperidine rings is 1. The van der Waals surface area contributed by atoms with Crippen LogP contribution in [0.25, 0.3) is 5.69 Å². The van der Waals surface area contributed by atoms with E-state index in [1.54, 1.807) is 23.0 Å². The molecule has 0 N–H and O–H groups in total. The van der Waals surface area contributed by atoms with Crippen molar-refractivity contribution in [3.05, 3.63) is 48.0 Å². The van der Waals surface area contributed by atoms with E-state index in [9.17, 15) is 9.18 Å². The number of likely N-dealkylation sites (N-methyl/N-ethyl adjacent to an activating group) is 1. The van der Waals surface area contributed by atoms with Crippen LogP contribution in [-0.4, -0.2) is 52.2 Å². The van der Waals surface area contributed by atoms with Gasteiger partial charge in [0.2, 0.25) is 5.91 Å². The Hall–Kier alpha value is -2.21. The molecular formula is C18H23FN4O. The van der Waals surface area contributed by atoms with Gasteiger partial charge in [0.25, 0.3) is 0 Å². The fourth-order valence-electron chi connectivity index (χ4n) is 3.08. The fraction of sp³-hybridized carbons (Fsp3) is 0.444. The van der Waals surface area contributed by atoms with Crippen molar-refractivity contribution in [1.29, 1.82) is 0 Å². The third-order valence-electron chi connectivity index (χ3n) is 4.41. The highest BCUT2D eigenvalue weighted by Crippen LogP contribution is 2.17. The molecule has 1 aromatic carbocycles. The second-order valence-electron chi connectivity index (χ2n) is 6.30. The first-order valence-electron chi connectivity index (χ1n) is 8.38. The first-order chi connectivity index (χ1) is 11.6. The lowest BCUT2D eigenvalue weighted by molar-refractivity contribution is -0.133. The van der Waals surface area contributed by atoms with Crippen LogP contribution in [0.1, 0.15) is 24.8 Å². The highest BCUT2D eigenvalue weighted by Gasteiger charge is 2.18. The lowest BCUT2D eigenvalue weighted by Crippen LogP contribution is -2.40. The Kier molecular flexibility index (Phi) is 5.25. The Bertz CT molecular complexity index is 686. The van der Waals surface area contributed by atoms with Crippen LogP contribution in [0.4, 0.5) is 4.39 Å². The molecule has 0 spiro atoms. The molecule has 0 bridgehead atoms. The average Bonchev–Trinajstić information content (AvgIpc) is 3.08. The molecule has 24 heavy (non-hydrogen) atoms. The highest BCUT2D eigenvalue weighted by atomic mass is 19.1. The van der Waals surface area contributed by atoms with Crippen molar-refractivity contribution in [1.82, 2.24) is 19.6 Å². The van der Waals surface area contributed by atoms with Gasteiger partial charge in [-0.2, -0.15) is 5.10 Å². The molecule has 0 unspecified atom stereocenters. The van der Waals surface area contributed by atoms with Gasteiger partial charge in [0.15, 0.2) is 0 Å². The van der Waals surface area contributed by atoms with Gasteiger partial charge < -0.3 is 9.80 Å². The van der Waals surface area contributed by atoms with Gasteiger partial charge in [-0.3, -0.25) is 4.79 Å². The second kappa shape index (κ2) is 7.57. The van der Waals surface area contributed by atoms with Crippen molar-refractivity contribution in [2.24, 2.45) is 0 Å². The van der Waals surface area contributed by atoms with Crippen molar-refractivity contribution < 1.29 is 9.18 Å². The Morgan fingerprint density at radius 3 is 2.96 bits per heavy atom. The molecule has 128 valence electrons. The minimum atomic E-state index is -0.250. The number of rotatable bonds is 6. The molecule has 0 radical (unpaired) electrons. The Labute approximate surface area is 141 Å². The first-order valence-corrected chi connectivity index (χ1v) is 8.38. The van der Waals surface area contributed by atoms with Crippen molar-refractivity contribution in [3.8, 4) is 5.69 Å². The minimum Gasteiger partial charge on any atom is -0.341 e. The summed E-state index contributed by atoms with van der Waals surface area (Å²) in [6, 6.07) is 6.60. The Morgan fingerprint density at radius 2 is 2.21 bits per heavy atom. The number of likely N-dealkylation sites (tertiary alicyclic amines) is 1. The van der Waals surface area contributed by atoms with Crippen molar-refractivity contribution in [3.63, 3.8) is 0 Å². The summed E-state index contributed by atoms with van der Waals surface area (Å²) >= 11 is 0. The molecule has 5 nitrogen and oxygen atoms in total. The maximum atomic E-state index is 13.7.